The Labute approximate surface area is 127 Å². The minimum atomic E-state index is 0.393. The van der Waals surface area contributed by atoms with Crippen LogP contribution in [0.2, 0.25) is 5.02 Å². The zero-order chi connectivity index (χ0) is 13.0. The van der Waals surface area contributed by atoms with Crippen molar-refractivity contribution in [1.82, 2.24) is 0 Å². The summed E-state index contributed by atoms with van der Waals surface area (Å²) in [5.41, 5.74) is 2.47. The van der Waals surface area contributed by atoms with Gasteiger partial charge in [0.25, 0.3) is 0 Å². The number of anilines is 1. The molecular formula is C15H15ClIN. The summed E-state index contributed by atoms with van der Waals surface area (Å²) in [5, 5.41) is 4.30. The normalized spacial score (nSPS) is 12.2. The largest absolute Gasteiger partial charge is 0.382 e. The first-order valence-corrected chi connectivity index (χ1v) is 7.36. The Hall–Kier alpha value is -0.740. The number of halogens is 2. The molecule has 0 radical (unpaired) electrons. The Balaban J connectivity index is 1.96. The lowest BCUT2D eigenvalue weighted by Gasteiger charge is -2.15. The van der Waals surface area contributed by atoms with Crippen molar-refractivity contribution >= 4 is 39.9 Å². The van der Waals surface area contributed by atoms with Crippen molar-refractivity contribution in [3.63, 3.8) is 0 Å². The fraction of sp³-hybridized carbons (Fsp3) is 0.200. The van der Waals surface area contributed by atoms with E-state index in [0.717, 1.165) is 11.4 Å². The van der Waals surface area contributed by atoms with Gasteiger partial charge >= 0.3 is 0 Å². The lowest BCUT2D eigenvalue weighted by molar-refractivity contribution is 0.790. The first kappa shape index (κ1) is 13.7. The molecule has 18 heavy (non-hydrogen) atoms. The van der Waals surface area contributed by atoms with E-state index in [1.807, 2.05) is 12.1 Å². The standard InChI is InChI=1S/C15H15ClIN/c1-11(9-12-5-7-13(16)8-6-12)18-15-4-2-3-14(17)10-15/h2-8,10-11,18H,9H2,1H3. The Morgan fingerprint density at radius 1 is 1.17 bits per heavy atom. The Bertz CT molecular complexity index is 510. The maximum absolute atomic E-state index is 5.88. The van der Waals surface area contributed by atoms with Gasteiger partial charge in [0, 0.05) is 20.3 Å². The van der Waals surface area contributed by atoms with Crippen LogP contribution < -0.4 is 5.32 Å². The Morgan fingerprint density at radius 3 is 2.56 bits per heavy atom. The van der Waals surface area contributed by atoms with Gasteiger partial charge in [0.1, 0.15) is 0 Å². The fourth-order valence-electron chi connectivity index (χ4n) is 1.89. The summed E-state index contributed by atoms with van der Waals surface area (Å²) < 4.78 is 1.25. The molecule has 0 bridgehead atoms. The summed E-state index contributed by atoms with van der Waals surface area (Å²) in [6.45, 7) is 2.19. The number of benzene rings is 2. The molecule has 0 aliphatic carbocycles. The topological polar surface area (TPSA) is 12.0 Å². The molecule has 0 saturated heterocycles. The van der Waals surface area contributed by atoms with E-state index >= 15 is 0 Å². The average molecular weight is 372 g/mol. The lowest BCUT2D eigenvalue weighted by Crippen LogP contribution is -2.17. The van der Waals surface area contributed by atoms with Gasteiger partial charge in [0.15, 0.2) is 0 Å². The van der Waals surface area contributed by atoms with Gasteiger partial charge in [-0.2, -0.15) is 0 Å². The van der Waals surface area contributed by atoms with Crippen molar-refractivity contribution in [2.75, 3.05) is 5.32 Å². The average Bonchev–Trinajstić information content (AvgIpc) is 2.32. The van der Waals surface area contributed by atoms with Gasteiger partial charge in [-0.05, 0) is 71.8 Å². The van der Waals surface area contributed by atoms with E-state index < -0.39 is 0 Å². The summed E-state index contributed by atoms with van der Waals surface area (Å²) in [6.07, 6.45) is 0.989. The molecule has 2 rings (SSSR count). The van der Waals surface area contributed by atoms with Crippen LogP contribution in [0.15, 0.2) is 48.5 Å². The van der Waals surface area contributed by atoms with Crippen molar-refractivity contribution < 1.29 is 0 Å². The first-order chi connectivity index (χ1) is 8.63. The highest BCUT2D eigenvalue weighted by molar-refractivity contribution is 14.1. The van der Waals surface area contributed by atoms with E-state index in [-0.39, 0.29) is 0 Å². The van der Waals surface area contributed by atoms with Crippen molar-refractivity contribution in [3.8, 4) is 0 Å². The third-order valence-electron chi connectivity index (χ3n) is 2.69. The monoisotopic (exact) mass is 371 g/mol. The van der Waals surface area contributed by atoms with Crippen LogP contribution in [0, 0.1) is 3.57 Å². The quantitative estimate of drug-likeness (QED) is 0.747. The molecule has 0 heterocycles. The predicted octanol–water partition coefficient (Wildman–Crippen LogP) is 4.99. The van der Waals surface area contributed by atoms with Gasteiger partial charge in [-0.3, -0.25) is 0 Å². The van der Waals surface area contributed by atoms with E-state index in [1.54, 1.807) is 0 Å². The molecule has 0 aromatic heterocycles. The minimum Gasteiger partial charge on any atom is -0.382 e. The van der Waals surface area contributed by atoms with Crippen molar-refractivity contribution in [1.29, 1.82) is 0 Å². The first-order valence-electron chi connectivity index (χ1n) is 5.90. The van der Waals surface area contributed by atoms with E-state index in [9.17, 15) is 0 Å². The van der Waals surface area contributed by atoms with Gasteiger partial charge in [0.2, 0.25) is 0 Å². The summed E-state index contributed by atoms with van der Waals surface area (Å²) in [7, 11) is 0. The van der Waals surface area contributed by atoms with E-state index in [2.05, 4.69) is 71.2 Å². The highest BCUT2D eigenvalue weighted by Crippen LogP contribution is 2.16. The second-order valence-corrected chi connectivity index (χ2v) is 6.07. The molecule has 94 valence electrons. The fourth-order valence-corrected chi connectivity index (χ4v) is 2.56. The highest BCUT2D eigenvalue weighted by Gasteiger charge is 2.04. The molecule has 1 unspecified atom stereocenters. The van der Waals surface area contributed by atoms with Crippen LogP contribution in [0.3, 0.4) is 0 Å². The summed E-state index contributed by atoms with van der Waals surface area (Å²) in [4.78, 5) is 0. The van der Waals surface area contributed by atoms with Crippen LogP contribution in [0.1, 0.15) is 12.5 Å². The second-order valence-electron chi connectivity index (χ2n) is 4.39. The van der Waals surface area contributed by atoms with Crippen LogP contribution in [-0.4, -0.2) is 6.04 Å². The van der Waals surface area contributed by atoms with Gasteiger partial charge in [-0.15, -0.1) is 0 Å². The van der Waals surface area contributed by atoms with Crippen molar-refractivity contribution in [3.05, 3.63) is 62.7 Å². The predicted molar refractivity (Wildman–Crippen MR) is 87.4 cm³/mol. The van der Waals surface area contributed by atoms with Crippen LogP contribution in [-0.2, 0) is 6.42 Å². The van der Waals surface area contributed by atoms with Crippen LogP contribution in [0.5, 0.6) is 0 Å². The summed E-state index contributed by atoms with van der Waals surface area (Å²) >= 11 is 8.20. The van der Waals surface area contributed by atoms with Crippen molar-refractivity contribution in [2.24, 2.45) is 0 Å². The number of rotatable bonds is 4. The number of hydrogen-bond acceptors (Lipinski definition) is 1. The minimum absolute atomic E-state index is 0.393. The maximum atomic E-state index is 5.88. The molecule has 1 atom stereocenters. The smallest absolute Gasteiger partial charge is 0.0406 e. The molecule has 2 aromatic rings. The molecule has 0 amide bonds. The van der Waals surface area contributed by atoms with Crippen LogP contribution in [0.4, 0.5) is 5.69 Å². The van der Waals surface area contributed by atoms with Gasteiger partial charge < -0.3 is 5.32 Å². The highest BCUT2D eigenvalue weighted by atomic mass is 127. The van der Waals surface area contributed by atoms with Crippen LogP contribution >= 0.6 is 34.2 Å². The molecule has 0 aliphatic rings. The zero-order valence-electron chi connectivity index (χ0n) is 10.2. The van der Waals surface area contributed by atoms with E-state index in [4.69, 9.17) is 11.6 Å². The summed E-state index contributed by atoms with van der Waals surface area (Å²) in [5.74, 6) is 0. The molecule has 0 saturated carbocycles. The van der Waals surface area contributed by atoms with Gasteiger partial charge in [0.05, 0.1) is 0 Å². The van der Waals surface area contributed by atoms with Crippen molar-refractivity contribution in [2.45, 2.75) is 19.4 Å². The third kappa shape index (κ3) is 4.18. The molecule has 0 spiro atoms. The third-order valence-corrected chi connectivity index (χ3v) is 3.62. The molecule has 1 nitrogen and oxygen atoms in total. The van der Waals surface area contributed by atoms with E-state index in [1.165, 1.54) is 14.8 Å². The van der Waals surface area contributed by atoms with Crippen LogP contribution in [0.25, 0.3) is 0 Å². The van der Waals surface area contributed by atoms with Gasteiger partial charge in [-0.25, -0.2) is 0 Å². The Kier molecular flexibility index (Phi) is 4.89. The summed E-state index contributed by atoms with van der Waals surface area (Å²) in [6, 6.07) is 16.8. The maximum Gasteiger partial charge on any atom is 0.0406 e. The number of hydrogen-bond donors (Lipinski definition) is 1. The molecule has 0 aliphatic heterocycles. The number of nitrogens with one attached hydrogen (secondary N) is 1. The SMILES string of the molecule is CC(Cc1ccc(Cl)cc1)Nc1cccc(I)c1. The zero-order valence-corrected chi connectivity index (χ0v) is 13.1. The lowest BCUT2D eigenvalue weighted by atomic mass is 10.1. The molecule has 0 fully saturated rings. The molecule has 3 heteroatoms. The van der Waals surface area contributed by atoms with Gasteiger partial charge in [-0.1, -0.05) is 29.8 Å². The molecular weight excluding hydrogens is 357 g/mol. The molecule has 1 N–H and O–H groups in total. The van der Waals surface area contributed by atoms with E-state index in [0.29, 0.717) is 6.04 Å². The second kappa shape index (κ2) is 6.43. The Morgan fingerprint density at radius 2 is 1.89 bits per heavy atom. The molecule has 2 aromatic carbocycles.